The maximum Gasteiger partial charge on any atom is 0.254 e. The molecule has 1 saturated heterocycles. The number of aromatic amines is 1. The Bertz CT molecular complexity index is 1500. The predicted octanol–water partition coefficient (Wildman–Crippen LogP) is 4.07. The van der Waals surface area contributed by atoms with Crippen LogP contribution in [0.25, 0.3) is 33.2 Å². The molecule has 0 atom stereocenters. The number of benzene rings is 2. The number of amides is 2. The van der Waals surface area contributed by atoms with Gasteiger partial charge in [0.25, 0.3) is 11.8 Å². The lowest BCUT2D eigenvalue weighted by Crippen LogP contribution is -2.48. The van der Waals surface area contributed by atoms with Crippen LogP contribution in [0.1, 0.15) is 27.1 Å². The number of ether oxygens (including phenoxy) is 1. The summed E-state index contributed by atoms with van der Waals surface area (Å²) >= 11 is 5.96. The molecule has 2 aromatic heterocycles. The third-order valence-corrected chi connectivity index (χ3v) is 7.05. The van der Waals surface area contributed by atoms with Crippen LogP contribution in [0.4, 0.5) is 4.39 Å². The predicted molar refractivity (Wildman–Crippen MR) is 141 cm³/mol. The molecule has 0 spiro atoms. The number of aromatic nitrogens is 2. The van der Waals surface area contributed by atoms with Crippen LogP contribution in [0.3, 0.4) is 0 Å². The van der Waals surface area contributed by atoms with E-state index in [2.05, 4.69) is 9.88 Å². The molecular weight excluding hydrogens is 497 g/mol. The number of hydrogen-bond acceptors (Lipinski definition) is 5. The number of fused-ring (bicyclic) bond motifs is 3. The highest BCUT2D eigenvalue weighted by Crippen LogP contribution is 2.32. The lowest BCUT2D eigenvalue weighted by atomic mass is 10.1. The first-order valence-electron chi connectivity index (χ1n) is 12.1. The molecule has 0 bridgehead atoms. The highest BCUT2D eigenvalue weighted by Gasteiger charge is 2.23. The lowest BCUT2D eigenvalue weighted by molar-refractivity contribution is 0.0624. The van der Waals surface area contributed by atoms with Crippen LogP contribution in [-0.4, -0.2) is 78.0 Å². The van der Waals surface area contributed by atoms with Gasteiger partial charge < -0.3 is 20.4 Å². The van der Waals surface area contributed by atoms with Gasteiger partial charge in [0.05, 0.1) is 27.3 Å². The quantitative estimate of drug-likeness (QED) is 0.355. The molecule has 0 saturated carbocycles. The number of nitrogens with two attached hydrogens (primary N) is 1. The summed E-state index contributed by atoms with van der Waals surface area (Å²) in [6, 6.07) is 11.2. The van der Waals surface area contributed by atoms with Crippen LogP contribution in [0.5, 0.6) is 0 Å². The summed E-state index contributed by atoms with van der Waals surface area (Å²) in [6.07, 6.45) is 0.971. The van der Waals surface area contributed by atoms with E-state index < -0.39 is 11.7 Å². The number of carbonyl (C=O) groups excluding carboxylic acids is 2. The molecule has 10 heteroatoms. The first-order chi connectivity index (χ1) is 17.9. The van der Waals surface area contributed by atoms with Crippen molar-refractivity contribution in [3.05, 3.63) is 64.4 Å². The van der Waals surface area contributed by atoms with Crippen molar-refractivity contribution >= 4 is 45.4 Å². The summed E-state index contributed by atoms with van der Waals surface area (Å²) in [5.41, 5.74) is 9.16. The number of piperazine rings is 1. The molecule has 8 nitrogen and oxygen atoms in total. The average Bonchev–Trinajstić information content (AvgIpc) is 3.27. The zero-order chi connectivity index (χ0) is 26.1. The van der Waals surface area contributed by atoms with Crippen molar-refractivity contribution < 1.29 is 18.7 Å². The van der Waals surface area contributed by atoms with Gasteiger partial charge in [-0.3, -0.25) is 14.5 Å². The highest BCUT2D eigenvalue weighted by atomic mass is 35.5. The third-order valence-electron chi connectivity index (χ3n) is 6.76. The standard InChI is InChI=1S/C27H27ClFN5O3/c1-37-12-2-7-33-8-10-34(11-9-33)27(36)17-3-5-18-23(14-17)32-25-19(26(30)35)15-22(31-24(18)25)16-4-6-21(29)20(28)13-16/h3-6,13-15,32H,2,7-12H2,1H3,(H2,30,35). The number of pyridine rings is 1. The van der Waals surface area contributed by atoms with Crippen LogP contribution < -0.4 is 5.73 Å². The van der Waals surface area contributed by atoms with Gasteiger partial charge in [0.1, 0.15) is 5.82 Å². The SMILES string of the molecule is COCCCN1CCN(C(=O)c2ccc3c(c2)[nH]c2c(C(N)=O)cc(-c4ccc(F)c(Cl)c4)nc23)CC1. The Kier molecular flexibility index (Phi) is 7.10. The van der Waals surface area contributed by atoms with E-state index in [1.54, 1.807) is 31.4 Å². The van der Waals surface area contributed by atoms with Gasteiger partial charge in [-0.05, 0) is 48.9 Å². The maximum absolute atomic E-state index is 13.7. The van der Waals surface area contributed by atoms with Crippen molar-refractivity contribution in [2.24, 2.45) is 5.73 Å². The molecule has 4 aromatic rings. The first-order valence-corrected chi connectivity index (χ1v) is 12.5. The molecule has 192 valence electrons. The van der Waals surface area contributed by atoms with E-state index in [1.807, 2.05) is 11.0 Å². The van der Waals surface area contributed by atoms with Crippen LogP contribution in [0.2, 0.25) is 5.02 Å². The molecule has 1 aliphatic heterocycles. The average molecular weight is 524 g/mol. The Morgan fingerprint density at radius 2 is 1.92 bits per heavy atom. The Labute approximate surface area is 218 Å². The fraction of sp³-hybridized carbons (Fsp3) is 0.296. The number of nitrogens with zero attached hydrogens (tertiary/aromatic N) is 3. The Morgan fingerprint density at radius 1 is 1.14 bits per heavy atom. The van der Waals surface area contributed by atoms with Gasteiger partial charge in [0, 0.05) is 68.5 Å². The monoisotopic (exact) mass is 523 g/mol. The molecule has 2 amide bonds. The second-order valence-corrected chi connectivity index (χ2v) is 9.54. The molecule has 3 N–H and O–H groups in total. The third kappa shape index (κ3) is 5.02. The van der Waals surface area contributed by atoms with E-state index in [-0.39, 0.29) is 16.5 Å². The van der Waals surface area contributed by atoms with Gasteiger partial charge in [-0.25, -0.2) is 9.37 Å². The second-order valence-electron chi connectivity index (χ2n) is 9.14. The van der Waals surface area contributed by atoms with Crippen LogP contribution in [0.15, 0.2) is 42.5 Å². The molecule has 0 aliphatic carbocycles. The van der Waals surface area contributed by atoms with E-state index in [0.717, 1.165) is 38.0 Å². The number of H-pyrrole nitrogens is 1. The molecule has 3 heterocycles. The van der Waals surface area contributed by atoms with E-state index in [0.29, 0.717) is 46.5 Å². The van der Waals surface area contributed by atoms with Crippen LogP contribution >= 0.6 is 11.6 Å². The van der Waals surface area contributed by atoms with Gasteiger partial charge in [0.2, 0.25) is 0 Å². The molecule has 2 aromatic carbocycles. The number of hydrogen-bond donors (Lipinski definition) is 2. The summed E-state index contributed by atoms with van der Waals surface area (Å²) in [4.78, 5) is 37.7. The normalized spacial score (nSPS) is 14.5. The van der Waals surface area contributed by atoms with E-state index in [1.165, 1.54) is 12.1 Å². The van der Waals surface area contributed by atoms with Gasteiger partial charge >= 0.3 is 0 Å². The number of rotatable bonds is 7. The van der Waals surface area contributed by atoms with Crippen molar-refractivity contribution in [3.63, 3.8) is 0 Å². The lowest BCUT2D eigenvalue weighted by Gasteiger charge is -2.34. The van der Waals surface area contributed by atoms with Crippen molar-refractivity contribution in [2.45, 2.75) is 6.42 Å². The van der Waals surface area contributed by atoms with E-state index in [9.17, 15) is 14.0 Å². The van der Waals surface area contributed by atoms with Gasteiger partial charge in [-0.2, -0.15) is 0 Å². The van der Waals surface area contributed by atoms with Crippen LogP contribution in [-0.2, 0) is 4.74 Å². The summed E-state index contributed by atoms with van der Waals surface area (Å²) < 4.78 is 18.8. The number of nitrogens with one attached hydrogen (secondary N) is 1. The maximum atomic E-state index is 13.7. The molecule has 0 unspecified atom stereocenters. The zero-order valence-electron chi connectivity index (χ0n) is 20.4. The fourth-order valence-electron chi connectivity index (χ4n) is 4.78. The molecular formula is C27H27ClFN5O3. The Hall–Kier alpha value is -3.53. The summed E-state index contributed by atoms with van der Waals surface area (Å²) in [5, 5.41) is 0.699. The smallest absolute Gasteiger partial charge is 0.254 e. The van der Waals surface area contributed by atoms with Crippen molar-refractivity contribution in [2.75, 3.05) is 46.4 Å². The van der Waals surface area contributed by atoms with Crippen molar-refractivity contribution in [1.82, 2.24) is 19.8 Å². The molecule has 1 fully saturated rings. The van der Waals surface area contributed by atoms with E-state index in [4.69, 9.17) is 27.1 Å². The number of primary amides is 1. The van der Waals surface area contributed by atoms with Crippen molar-refractivity contribution in [3.8, 4) is 11.3 Å². The fourth-order valence-corrected chi connectivity index (χ4v) is 4.96. The molecule has 37 heavy (non-hydrogen) atoms. The first kappa shape index (κ1) is 25.1. The number of methoxy groups -OCH3 is 1. The molecule has 1 aliphatic rings. The topological polar surface area (TPSA) is 105 Å². The summed E-state index contributed by atoms with van der Waals surface area (Å²) in [5.74, 6) is -1.21. The minimum absolute atomic E-state index is 0.0400. The zero-order valence-corrected chi connectivity index (χ0v) is 21.1. The number of carbonyl (C=O) groups is 2. The highest BCUT2D eigenvalue weighted by molar-refractivity contribution is 6.31. The van der Waals surface area contributed by atoms with E-state index >= 15 is 0 Å². The minimum atomic E-state index is -0.631. The molecule has 0 radical (unpaired) electrons. The minimum Gasteiger partial charge on any atom is -0.385 e. The second kappa shape index (κ2) is 10.5. The van der Waals surface area contributed by atoms with Crippen LogP contribution in [0, 0.1) is 5.82 Å². The van der Waals surface area contributed by atoms with Gasteiger partial charge in [-0.1, -0.05) is 11.6 Å². The largest absolute Gasteiger partial charge is 0.385 e. The Balaban J connectivity index is 1.45. The van der Waals surface area contributed by atoms with Crippen molar-refractivity contribution in [1.29, 1.82) is 0 Å². The number of halogens is 2. The Morgan fingerprint density at radius 3 is 2.62 bits per heavy atom. The summed E-state index contributed by atoms with van der Waals surface area (Å²) in [6.45, 7) is 4.66. The molecule has 5 rings (SSSR count). The van der Waals surface area contributed by atoms with Gasteiger partial charge in [0.15, 0.2) is 0 Å². The van der Waals surface area contributed by atoms with Gasteiger partial charge in [-0.15, -0.1) is 0 Å². The summed E-state index contributed by atoms with van der Waals surface area (Å²) in [7, 11) is 1.70.